The second kappa shape index (κ2) is 11.9. The molecule has 2 aromatic carbocycles. The number of fused-ring (bicyclic) bond motifs is 3. The molecule has 3 aliphatic rings. The van der Waals surface area contributed by atoms with Crippen LogP contribution in [0.25, 0.3) is 0 Å². The molecule has 0 amide bonds. The molecule has 5 rings (SSSR count). The summed E-state index contributed by atoms with van der Waals surface area (Å²) in [5, 5.41) is 78.4. The van der Waals surface area contributed by atoms with Crippen LogP contribution in [0.2, 0.25) is 0 Å². The van der Waals surface area contributed by atoms with Gasteiger partial charge < -0.3 is 56.1 Å². The van der Waals surface area contributed by atoms with E-state index in [1.54, 1.807) is 6.92 Å². The highest BCUT2D eigenvalue weighted by Crippen LogP contribution is 2.52. The average Bonchev–Trinajstić information content (AvgIpc) is 2.95. The Balaban J connectivity index is 0.000000670. The Morgan fingerprint density at radius 1 is 1.02 bits per heavy atom. The van der Waals surface area contributed by atoms with Crippen LogP contribution < -0.4 is 5.73 Å². The average molecular weight is 620 g/mol. The molecule has 16 heteroatoms. The van der Waals surface area contributed by atoms with Gasteiger partial charge in [0.2, 0.25) is 5.78 Å². The van der Waals surface area contributed by atoms with Gasteiger partial charge in [0.1, 0.15) is 29.5 Å². The number of phenols is 3. The zero-order valence-electron chi connectivity index (χ0n) is 23.0. The first-order chi connectivity index (χ1) is 20.5. The number of hydrogen-bond donors (Lipinski definition) is 9. The molecule has 0 spiro atoms. The minimum absolute atomic E-state index is 0.0000635. The first kappa shape index (κ1) is 32.5. The molecule has 0 radical (unpaired) electrons. The van der Waals surface area contributed by atoms with Crippen LogP contribution in [0.15, 0.2) is 18.2 Å². The molecular weight excluding hydrogens is 590 g/mol. The van der Waals surface area contributed by atoms with Gasteiger partial charge in [0.05, 0.1) is 35.0 Å². The fraction of sp³-hybridized carbons (Fsp3) is 0.393. The van der Waals surface area contributed by atoms with Gasteiger partial charge in [-0.15, -0.1) is 0 Å². The van der Waals surface area contributed by atoms with E-state index >= 15 is 0 Å². The summed E-state index contributed by atoms with van der Waals surface area (Å²) in [5.41, 5.74) is 1.70. The van der Waals surface area contributed by atoms with Gasteiger partial charge in [-0.3, -0.25) is 14.4 Å². The van der Waals surface area contributed by atoms with E-state index < -0.39 is 113 Å². The van der Waals surface area contributed by atoms with Crippen LogP contribution in [0.4, 0.5) is 0 Å². The van der Waals surface area contributed by atoms with Crippen molar-refractivity contribution in [3.63, 3.8) is 0 Å². The number of aliphatic hydroxyl groups excluding tert-OH is 2. The van der Waals surface area contributed by atoms with Gasteiger partial charge in [-0.25, -0.2) is 9.59 Å². The number of carboxylic acid groups (broad SMARTS) is 2. The number of carbonyl (C=O) groups excluding carboxylic acids is 3. The van der Waals surface area contributed by atoms with Crippen molar-refractivity contribution in [2.24, 2.45) is 5.73 Å². The zero-order chi connectivity index (χ0) is 32.8. The molecule has 44 heavy (non-hydrogen) atoms. The summed E-state index contributed by atoms with van der Waals surface area (Å²) in [7, 11) is 0. The highest BCUT2D eigenvalue weighted by atomic mass is 16.7. The number of hydrogen-bond acceptors (Lipinski definition) is 14. The highest BCUT2D eigenvalue weighted by Gasteiger charge is 2.50. The zero-order valence-corrected chi connectivity index (χ0v) is 23.0. The van der Waals surface area contributed by atoms with E-state index in [0.29, 0.717) is 0 Å². The maximum Gasteiger partial charge on any atom is 0.414 e. The van der Waals surface area contributed by atoms with E-state index in [9.17, 15) is 45.0 Å². The Labute approximate surface area is 247 Å². The summed E-state index contributed by atoms with van der Waals surface area (Å²) in [6.45, 7) is 0.530. The molecule has 1 aliphatic heterocycles. The van der Waals surface area contributed by atoms with E-state index in [1.165, 1.54) is 18.2 Å². The lowest BCUT2D eigenvalue weighted by molar-refractivity contribution is -0.247. The van der Waals surface area contributed by atoms with E-state index in [0.717, 1.165) is 0 Å². The van der Waals surface area contributed by atoms with Gasteiger partial charge in [-0.05, 0) is 13.0 Å². The fourth-order valence-corrected chi connectivity index (χ4v) is 5.59. The maximum absolute atomic E-state index is 13.4. The molecule has 0 saturated carbocycles. The Kier molecular flexibility index (Phi) is 8.79. The predicted octanol–water partition coefficient (Wildman–Crippen LogP) is -1.15. The molecule has 1 saturated heterocycles. The van der Waals surface area contributed by atoms with Crippen molar-refractivity contribution in [3.05, 3.63) is 51.6 Å². The maximum atomic E-state index is 13.4. The molecule has 0 aromatic heterocycles. The van der Waals surface area contributed by atoms with Crippen molar-refractivity contribution >= 4 is 29.3 Å². The quantitative estimate of drug-likeness (QED) is 0.123. The molecule has 2 aliphatic carbocycles. The Morgan fingerprint density at radius 2 is 1.64 bits per heavy atom. The third-order valence-corrected chi connectivity index (χ3v) is 7.78. The van der Waals surface area contributed by atoms with Crippen LogP contribution in [0.5, 0.6) is 17.2 Å². The number of Topliss-reactive ketones (excluding diaryl/α,β-unsaturated/α-hetero) is 1. The Morgan fingerprint density at radius 3 is 2.20 bits per heavy atom. The van der Waals surface area contributed by atoms with Crippen LogP contribution in [0.1, 0.15) is 68.8 Å². The van der Waals surface area contributed by atoms with E-state index in [4.69, 9.17) is 35.0 Å². The standard InChI is InChI=1S/C26H27NO11.C2H2O4/c1-9-21(31)12(27)5-16(37-9)38-14-7-26(36,15(30)8-28)6-11-18(14)25(35)20-19(23(11)33)22(32)10-3-2-4-13(29)17(10)24(20)34;3-1(4)2(5)6/h2-4,9,12,14,16,21,28-29,31,33,35-36H,5-8,27H2,1H3;(H,3,4)(H,5,6)/t9?,12-,14?,16+,21-,26+;/m1./s1. The predicted molar refractivity (Wildman–Crippen MR) is 142 cm³/mol. The lowest BCUT2D eigenvalue weighted by Crippen LogP contribution is -2.53. The number of phenolic OH excluding ortho intramolecular Hbond substituents is 3. The SMILES string of the molecule is CC1O[C@@H](OC2C[C@](O)(C(=O)CO)Cc3c(O)c4c(c(O)c32)C(=O)c2c(O)cccc2C4=O)C[C@@H](N)[C@@H]1O.O=C(O)C(=O)O. The van der Waals surface area contributed by atoms with Crippen LogP contribution >= 0.6 is 0 Å². The number of aliphatic carboxylic acids is 2. The number of rotatable bonds is 4. The third-order valence-electron chi connectivity index (χ3n) is 7.78. The second-order valence-corrected chi connectivity index (χ2v) is 10.6. The number of benzene rings is 2. The molecule has 1 fully saturated rings. The van der Waals surface area contributed by atoms with E-state index in [2.05, 4.69) is 0 Å². The molecule has 16 nitrogen and oxygen atoms in total. The topological polar surface area (TPSA) is 292 Å². The molecule has 6 atom stereocenters. The van der Waals surface area contributed by atoms with Crippen molar-refractivity contribution in [3.8, 4) is 17.2 Å². The Hall–Kier alpha value is -4.45. The van der Waals surface area contributed by atoms with Gasteiger partial charge in [-0.1, -0.05) is 12.1 Å². The summed E-state index contributed by atoms with van der Waals surface area (Å²) in [6.07, 6.45) is -5.27. The number of nitrogens with two attached hydrogens (primary N) is 1. The summed E-state index contributed by atoms with van der Waals surface area (Å²) in [5.74, 6) is -8.37. The summed E-state index contributed by atoms with van der Waals surface area (Å²) < 4.78 is 11.7. The molecule has 236 valence electrons. The van der Waals surface area contributed by atoms with E-state index in [1.807, 2.05) is 0 Å². The van der Waals surface area contributed by atoms with Gasteiger partial charge in [0.25, 0.3) is 0 Å². The van der Waals surface area contributed by atoms with Gasteiger partial charge in [0.15, 0.2) is 17.9 Å². The second-order valence-electron chi connectivity index (χ2n) is 10.6. The third kappa shape index (κ3) is 5.49. The number of carbonyl (C=O) groups is 5. The molecule has 10 N–H and O–H groups in total. The van der Waals surface area contributed by atoms with Crippen molar-refractivity contribution in [1.82, 2.24) is 0 Å². The smallest absolute Gasteiger partial charge is 0.414 e. The molecular formula is C28H29NO15. The number of aliphatic hydroxyl groups is 3. The number of ether oxygens (including phenoxy) is 2. The van der Waals surface area contributed by atoms with Gasteiger partial charge >= 0.3 is 11.9 Å². The van der Waals surface area contributed by atoms with Gasteiger partial charge in [0, 0.05) is 42.0 Å². The number of aromatic hydroxyl groups is 3. The summed E-state index contributed by atoms with van der Waals surface area (Å²) in [4.78, 5) is 57.5. The van der Waals surface area contributed by atoms with Crippen LogP contribution in [0.3, 0.4) is 0 Å². The highest BCUT2D eigenvalue weighted by molar-refractivity contribution is 6.31. The summed E-state index contributed by atoms with van der Waals surface area (Å²) >= 11 is 0. The first-order valence-corrected chi connectivity index (χ1v) is 13.1. The first-order valence-electron chi connectivity index (χ1n) is 13.1. The molecule has 2 aromatic rings. The number of carboxylic acids is 2. The monoisotopic (exact) mass is 619 g/mol. The summed E-state index contributed by atoms with van der Waals surface area (Å²) in [6, 6.07) is 3.09. The number of ketones is 3. The van der Waals surface area contributed by atoms with Crippen molar-refractivity contribution in [1.29, 1.82) is 0 Å². The lowest BCUT2D eigenvalue weighted by Gasteiger charge is -2.42. The van der Waals surface area contributed by atoms with Crippen LogP contribution in [-0.4, -0.2) is 107 Å². The minimum Gasteiger partial charge on any atom is -0.507 e. The van der Waals surface area contributed by atoms with Crippen molar-refractivity contribution < 1.29 is 74.3 Å². The van der Waals surface area contributed by atoms with E-state index in [-0.39, 0.29) is 28.7 Å². The molecule has 0 bridgehead atoms. The van der Waals surface area contributed by atoms with Crippen molar-refractivity contribution in [2.75, 3.05) is 6.61 Å². The lowest BCUT2D eigenvalue weighted by atomic mass is 9.72. The van der Waals surface area contributed by atoms with Crippen LogP contribution in [0, 0.1) is 0 Å². The van der Waals surface area contributed by atoms with Crippen molar-refractivity contribution in [2.45, 2.75) is 62.4 Å². The largest absolute Gasteiger partial charge is 0.507 e. The Bertz CT molecular complexity index is 1540. The normalized spacial score (nSPS) is 27.2. The van der Waals surface area contributed by atoms with Crippen LogP contribution in [-0.2, 0) is 30.3 Å². The minimum atomic E-state index is -2.26. The molecule has 1 heterocycles. The van der Waals surface area contributed by atoms with Gasteiger partial charge in [-0.2, -0.15) is 0 Å². The molecule has 2 unspecified atom stereocenters. The fourth-order valence-electron chi connectivity index (χ4n) is 5.59.